The summed E-state index contributed by atoms with van der Waals surface area (Å²) < 4.78 is 6.40. The van der Waals surface area contributed by atoms with Crippen LogP contribution in [0.1, 0.15) is 23.2 Å². The number of hydrazine groups is 1. The third-order valence-electron chi connectivity index (χ3n) is 2.45. The van der Waals surface area contributed by atoms with Crippen LogP contribution in [0.3, 0.4) is 0 Å². The molecule has 1 amide bonds. The van der Waals surface area contributed by atoms with Gasteiger partial charge >= 0.3 is 0 Å². The van der Waals surface area contributed by atoms with E-state index in [0.29, 0.717) is 17.2 Å². The molecule has 5 heteroatoms. The Bertz CT molecular complexity index is 405. The number of nitrogens with one attached hydrogen (secondary N) is 1. The van der Waals surface area contributed by atoms with Crippen LogP contribution in [-0.2, 0) is 0 Å². The number of halogens is 1. The van der Waals surface area contributed by atoms with Crippen molar-refractivity contribution in [3.05, 3.63) is 28.2 Å². The Morgan fingerprint density at radius 2 is 2.25 bits per heavy atom. The quantitative estimate of drug-likeness (QED) is 0.504. The monoisotopic (exact) mass is 284 g/mol. The van der Waals surface area contributed by atoms with Gasteiger partial charge < -0.3 is 4.74 Å². The lowest BCUT2D eigenvalue weighted by Gasteiger charge is -2.08. The molecular weight excluding hydrogens is 272 g/mol. The van der Waals surface area contributed by atoms with E-state index in [1.54, 1.807) is 12.1 Å². The van der Waals surface area contributed by atoms with E-state index < -0.39 is 0 Å². The van der Waals surface area contributed by atoms with Crippen LogP contribution in [0.25, 0.3) is 0 Å². The zero-order valence-corrected chi connectivity index (χ0v) is 10.3. The highest BCUT2D eigenvalue weighted by Gasteiger charge is 2.22. The molecule has 1 saturated carbocycles. The first kappa shape index (κ1) is 11.4. The van der Waals surface area contributed by atoms with E-state index in [4.69, 9.17) is 10.6 Å². The van der Waals surface area contributed by atoms with E-state index in [2.05, 4.69) is 21.4 Å². The molecule has 0 atom stereocenters. The molecule has 16 heavy (non-hydrogen) atoms. The Balaban J connectivity index is 2.10. The van der Waals surface area contributed by atoms with Gasteiger partial charge in [-0.2, -0.15) is 0 Å². The molecule has 0 bridgehead atoms. The third kappa shape index (κ3) is 2.96. The van der Waals surface area contributed by atoms with Gasteiger partial charge in [-0.25, -0.2) is 5.84 Å². The highest BCUT2D eigenvalue weighted by molar-refractivity contribution is 9.10. The largest absolute Gasteiger partial charge is 0.493 e. The van der Waals surface area contributed by atoms with Crippen LogP contribution in [0.5, 0.6) is 5.75 Å². The Kier molecular flexibility index (Phi) is 3.46. The zero-order chi connectivity index (χ0) is 11.5. The Hall–Kier alpha value is -1.07. The second-order valence-corrected chi connectivity index (χ2v) is 4.82. The minimum Gasteiger partial charge on any atom is -0.493 e. The lowest BCUT2D eigenvalue weighted by atomic mass is 10.2. The fourth-order valence-electron chi connectivity index (χ4n) is 1.36. The summed E-state index contributed by atoms with van der Waals surface area (Å²) in [7, 11) is 0. The summed E-state index contributed by atoms with van der Waals surface area (Å²) in [6.07, 6.45) is 2.48. The van der Waals surface area contributed by atoms with Gasteiger partial charge in [0.1, 0.15) is 5.75 Å². The molecular formula is C11H13BrN2O2. The fraction of sp³-hybridized carbons (Fsp3) is 0.364. The van der Waals surface area contributed by atoms with Gasteiger partial charge in [-0.05, 0) is 37.0 Å². The average Bonchev–Trinajstić information content (AvgIpc) is 3.08. The molecule has 4 nitrogen and oxygen atoms in total. The van der Waals surface area contributed by atoms with Crippen molar-refractivity contribution >= 4 is 21.8 Å². The maximum atomic E-state index is 11.4. The normalized spacial score (nSPS) is 14.6. The highest BCUT2D eigenvalue weighted by Crippen LogP contribution is 2.30. The number of nitrogen functional groups attached to an aromatic ring is 1. The molecule has 86 valence electrons. The number of carbonyl (C=O) groups excluding carboxylic acids is 1. The Morgan fingerprint density at radius 3 is 2.88 bits per heavy atom. The summed E-state index contributed by atoms with van der Waals surface area (Å²) in [4.78, 5) is 11.4. The van der Waals surface area contributed by atoms with E-state index in [1.165, 1.54) is 12.8 Å². The average molecular weight is 285 g/mol. The van der Waals surface area contributed by atoms with Crippen molar-refractivity contribution in [3.63, 3.8) is 0 Å². The van der Waals surface area contributed by atoms with Crippen LogP contribution >= 0.6 is 15.9 Å². The van der Waals surface area contributed by atoms with Crippen LogP contribution in [0.15, 0.2) is 22.7 Å². The van der Waals surface area contributed by atoms with E-state index >= 15 is 0 Å². The summed E-state index contributed by atoms with van der Waals surface area (Å²) in [5, 5.41) is 0. The van der Waals surface area contributed by atoms with Gasteiger partial charge in [0.05, 0.1) is 6.61 Å². The zero-order valence-electron chi connectivity index (χ0n) is 8.70. The minimum absolute atomic E-state index is 0.322. The van der Waals surface area contributed by atoms with E-state index in [0.717, 1.165) is 11.1 Å². The van der Waals surface area contributed by atoms with Gasteiger partial charge in [0, 0.05) is 10.0 Å². The number of ether oxygens (including phenoxy) is 1. The molecule has 1 aromatic carbocycles. The summed E-state index contributed by atoms with van der Waals surface area (Å²) in [5.74, 6) is 6.14. The van der Waals surface area contributed by atoms with Crippen molar-refractivity contribution in [2.24, 2.45) is 11.8 Å². The number of rotatable bonds is 4. The smallest absolute Gasteiger partial charge is 0.265 e. The molecule has 1 fully saturated rings. The molecule has 0 aromatic heterocycles. The first-order valence-electron chi connectivity index (χ1n) is 5.13. The number of hydrogen-bond donors (Lipinski definition) is 2. The van der Waals surface area contributed by atoms with Crippen molar-refractivity contribution in [1.82, 2.24) is 5.43 Å². The molecule has 1 aliphatic rings. The van der Waals surface area contributed by atoms with Gasteiger partial charge in [-0.3, -0.25) is 10.2 Å². The second-order valence-electron chi connectivity index (χ2n) is 3.90. The number of amides is 1. The van der Waals surface area contributed by atoms with Gasteiger partial charge in [0.15, 0.2) is 0 Å². The number of benzene rings is 1. The topological polar surface area (TPSA) is 64.3 Å². The first-order valence-corrected chi connectivity index (χ1v) is 5.92. The summed E-state index contributed by atoms with van der Waals surface area (Å²) in [6.45, 7) is 0.722. The number of hydrogen-bond acceptors (Lipinski definition) is 3. The first-order chi connectivity index (χ1) is 7.69. The van der Waals surface area contributed by atoms with Crippen molar-refractivity contribution in [2.75, 3.05) is 6.61 Å². The van der Waals surface area contributed by atoms with Gasteiger partial charge in [-0.1, -0.05) is 15.9 Å². The lowest BCUT2D eigenvalue weighted by molar-refractivity contribution is 0.0953. The van der Waals surface area contributed by atoms with Crippen LogP contribution in [-0.4, -0.2) is 12.5 Å². The molecule has 2 rings (SSSR count). The Labute approximate surface area is 102 Å². The summed E-state index contributed by atoms with van der Waals surface area (Å²) >= 11 is 3.33. The highest BCUT2D eigenvalue weighted by atomic mass is 79.9. The van der Waals surface area contributed by atoms with Crippen LogP contribution in [0, 0.1) is 5.92 Å². The maximum absolute atomic E-state index is 11.4. The molecule has 1 aromatic rings. The molecule has 0 heterocycles. The van der Waals surface area contributed by atoms with Gasteiger partial charge in [0.2, 0.25) is 0 Å². The van der Waals surface area contributed by atoms with Crippen molar-refractivity contribution in [3.8, 4) is 5.75 Å². The fourth-order valence-corrected chi connectivity index (χ4v) is 1.83. The standard InChI is InChI=1S/C11H13BrN2O2/c12-9-3-8(11(15)14-13)4-10(5-9)16-6-7-1-2-7/h3-5,7H,1-2,6,13H2,(H,14,15). The van der Waals surface area contributed by atoms with Gasteiger partial charge in [-0.15, -0.1) is 0 Å². The second kappa shape index (κ2) is 4.84. The van der Waals surface area contributed by atoms with E-state index in [-0.39, 0.29) is 5.91 Å². The molecule has 3 N–H and O–H groups in total. The predicted octanol–water partition coefficient (Wildman–Crippen LogP) is 1.84. The number of nitrogens with two attached hydrogens (primary N) is 1. The molecule has 0 aliphatic heterocycles. The molecule has 0 saturated heterocycles. The van der Waals surface area contributed by atoms with Crippen LogP contribution in [0.4, 0.5) is 0 Å². The Morgan fingerprint density at radius 1 is 1.50 bits per heavy atom. The van der Waals surface area contributed by atoms with Gasteiger partial charge in [0.25, 0.3) is 5.91 Å². The summed E-state index contributed by atoms with van der Waals surface area (Å²) in [6, 6.07) is 5.23. The minimum atomic E-state index is -0.322. The molecule has 0 radical (unpaired) electrons. The predicted molar refractivity (Wildman–Crippen MR) is 64.0 cm³/mol. The SMILES string of the molecule is NNC(=O)c1cc(Br)cc(OCC2CC2)c1. The summed E-state index contributed by atoms with van der Waals surface area (Å²) in [5.41, 5.74) is 2.59. The molecule has 0 unspecified atom stereocenters. The number of carbonyl (C=O) groups is 1. The van der Waals surface area contributed by atoms with Crippen molar-refractivity contribution in [1.29, 1.82) is 0 Å². The van der Waals surface area contributed by atoms with Crippen LogP contribution in [0.2, 0.25) is 0 Å². The van der Waals surface area contributed by atoms with E-state index in [9.17, 15) is 4.79 Å². The molecule has 1 aliphatic carbocycles. The van der Waals surface area contributed by atoms with Crippen LogP contribution < -0.4 is 16.0 Å². The molecule has 0 spiro atoms. The van der Waals surface area contributed by atoms with E-state index in [1.807, 2.05) is 6.07 Å². The lowest BCUT2D eigenvalue weighted by Crippen LogP contribution is -2.29. The third-order valence-corrected chi connectivity index (χ3v) is 2.91. The van der Waals surface area contributed by atoms with Crippen molar-refractivity contribution in [2.45, 2.75) is 12.8 Å². The maximum Gasteiger partial charge on any atom is 0.265 e. The van der Waals surface area contributed by atoms with Crippen molar-refractivity contribution < 1.29 is 9.53 Å².